The van der Waals surface area contributed by atoms with Crippen molar-refractivity contribution in [3.8, 4) is 57.5 Å². The molecule has 0 aliphatic carbocycles. The van der Waals surface area contributed by atoms with Gasteiger partial charge in [0.15, 0.2) is 34.5 Å². The molecule has 0 amide bonds. The summed E-state index contributed by atoms with van der Waals surface area (Å²) in [6.07, 6.45) is 1.09. The van der Waals surface area contributed by atoms with E-state index in [2.05, 4.69) is 0 Å². The molecule has 10 N–H and O–H groups in total. The molecule has 10 nitrogen and oxygen atoms in total. The Morgan fingerprint density at radius 2 is 0.825 bits per heavy atom. The van der Waals surface area contributed by atoms with Gasteiger partial charge >= 0.3 is 0 Å². The van der Waals surface area contributed by atoms with Crippen molar-refractivity contribution in [2.75, 3.05) is 0 Å². The molecule has 40 heavy (non-hydrogen) atoms. The predicted octanol–water partition coefficient (Wildman–Crippen LogP) is 4.56. The van der Waals surface area contributed by atoms with Crippen LogP contribution in [-0.4, -0.2) is 51.1 Å². The highest BCUT2D eigenvalue weighted by Crippen LogP contribution is 2.43. The summed E-state index contributed by atoms with van der Waals surface area (Å²) in [4.78, 5) is 0. The van der Waals surface area contributed by atoms with Gasteiger partial charge in [-0.25, -0.2) is 0 Å². The third kappa shape index (κ3) is 6.47. The second-order valence-corrected chi connectivity index (χ2v) is 9.92. The number of aromatic hydroxyl groups is 10. The van der Waals surface area contributed by atoms with Gasteiger partial charge in [0.2, 0.25) is 0 Å². The van der Waals surface area contributed by atoms with Crippen LogP contribution in [0.15, 0.2) is 60.7 Å². The molecule has 0 radical (unpaired) electrons. The van der Waals surface area contributed by atoms with E-state index < -0.39 is 40.4 Å². The summed E-state index contributed by atoms with van der Waals surface area (Å²) in [6.45, 7) is 0. The number of hydrogen-bond acceptors (Lipinski definition) is 10. The predicted molar refractivity (Wildman–Crippen MR) is 144 cm³/mol. The average molecular weight is 551 g/mol. The van der Waals surface area contributed by atoms with E-state index in [0.29, 0.717) is 28.7 Å². The van der Waals surface area contributed by atoms with Gasteiger partial charge < -0.3 is 51.1 Å². The zero-order valence-corrected chi connectivity index (χ0v) is 21.2. The number of rotatable bonds is 9. The monoisotopic (exact) mass is 550 g/mol. The largest absolute Gasteiger partial charge is 0.508 e. The van der Waals surface area contributed by atoms with Crippen LogP contribution in [0.3, 0.4) is 0 Å². The molecule has 0 spiro atoms. The fourth-order valence-corrected chi connectivity index (χ4v) is 5.10. The van der Waals surface area contributed by atoms with Gasteiger partial charge in [0.25, 0.3) is 0 Å². The lowest BCUT2D eigenvalue weighted by atomic mass is 9.75. The molecule has 0 aliphatic rings. The fourth-order valence-electron chi connectivity index (χ4n) is 5.10. The molecule has 0 bridgehead atoms. The normalized spacial score (nSPS) is 12.7. The van der Waals surface area contributed by atoms with Crippen LogP contribution >= 0.6 is 0 Å². The minimum Gasteiger partial charge on any atom is -0.508 e. The van der Waals surface area contributed by atoms with E-state index in [-0.39, 0.29) is 48.2 Å². The van der Waals surface area contributed by atoms with Gasteiger partial charge in [-0.3, -0.25) is 0 Å². The summed E-state index contributed by atoms with van der Waals surface area (Å²) in [5.41, 5.74) is 2.01. The van der Waals surface area contributed by atoms with E-state index in [1.165, 1.54) is 60.7 Å². The molecular weight excluding hydrogens is 520 g/mol. The Morgan fingerprint density at radius 1 is 0.425 bits per heavy atom. The molecule has 0 aliphatic heterocycles. The van der Waals surface area contributed by atoms with Crippen LogP contribution in [0.4, 0.5) is 0 Å². The highest BCUT2D eigenvalue weighted by molar-refractivity contribution is 5.53. The maximum atomic E-state index is 10.3. The second-order valence-electron chi connectivity index (χ2n) is 9.92. The summed E-state index contributed by atoms with van der Waals surface area (Å²) in [7, 11) is 0. The number of aryl methyl sites for hydroxylation is 1. The second kappa shape index (κ2) is 11.3. The van der Waals surface area contributed by atoms with Crippen LogP contribution in [0.1, 0.15) is 34.6 Å². The van der Waals surface area contributed by atoms with Crippen molar-refractivity contribution in [3.05, 3.63) is 82.9 Å². The third-order valence-electron chi connectivity index (χ3n) is 6.90. The van der Waals surface area contributed by atoms with Crippen molar-refractivity contribution < 1.29 is 51.1 Å². The van der Waals surface area contributed by atoms with Crippen LogP contribution in [-0.2, 0) is 19.3 Å². The van der Waals surface area contributed by atoms with Crippen LogP contribution in [0.2, 0.25) is 0 Å². The summed E-state index contributed by atoms with van der Waals surface area (Å²) < 4.78 is 0. The molecule has 10 heteroatoms. The van der Waals surface area contributed by atoms with E-state index in [4.69, 9.17) is 0 Å². The standard InChI is InChI=1S/C30H30O10/c31-20-4-16(5-21(32)13-20)3-18(2-1-15-9-25(35)29(39)26(36)10-15)24(8-17-6-22(33)14-23(34)7-17)19-11-27(37)30(40)28(38)12-19/h4-7,9-14,18,24,31-40H,1-3,8H2/t18-,24-/m0/s1. The van der Waals surface area contributed by atoms with E-state index in [1.807, 2.05) is 0 Å². The molecule has 0 heterocycles. The molecule has 0 saturated heterocycles. The van der Waals surface area contributed by atoms with Crippen molar-refractivity contribution in [2.45, 2.75) is 31.6 Å². The topological polar surface area (TPSA) is 202 Å². The fraction of sp³-hybridized carbons (Fsp3) is 0.200. The lowest BCUT2D eigenvalue weighted by Crippen LogP contribution is -2.19. The lowest BCUT2D eigenvalue weighted by Gasteiger charge is -2.29. The summed E-state index contributed by atoms with van der Waals surface area (Å²) in [6, 6.07) is 13.5. The number of phenols is 10. The average Bonchev–Trinajstić information content (AvgIpc) is 2.85. The first-order valence-electron chi connectivity index (χ1n) is 12.4. The molecule has 210 valence electrons. The molecule has 4 rings (SSSR count). The van der Waals surface area contributed by atoms with Gasteiger partial charge in [0, 0.05) is 12.1 Å². The maximum absolute atomic E-state index is 10.3. The smallest absolute Gasteiger partial charge is 0.200 e. The SMILES string of the molecule is Oc1cc(O)cc(C[C@H](CCc2cc(O)c(O)c(O)c2)[C@H](Cc2cc(O)cc(O)c2)c2cc(O)c(O)c(O)c2)c1. The van der Waals surface area contributed by atoms with Gasteiger partial charge in [0.05, 0.1) is 0 Å². The highest BCUT2D eigenvalue weighted by atomic mass is 16.3. The molecule has 0 unspecified atom stereocenters. The Balaban J connectivity index is 1.80. The van der Waals surface area contributed by atoms with Gasteiger partial charge in [-0.15, -0.1) is 0 Å². The number of phenolic OH excluding ortho intramolecular Hbond substituents is 10. The molecule has 4 aromatic rings. The van der Waals surface area contributed by atoms with E-state index in [0.717, 1.165) is 0 Å². The van der Waals surface area contributed by atoms with Gasteiger partial charge in [-0.05, 0) is 108 Å². The van der Waals surface area contributed by atoms with E-state index in [9.17, 15) is 51.1 Å². The van der Waals surface area contributed by atoms with Crippen molar-refractivity contribution in [1.29, 1.82) is 0 Å². The van der Waals surface area contributed by atoms with E-state index in [1.54, 1.807) is 0 Å². The molecule has 0 fully saturated rings. The van der Waals surface area contributed by atoms with Crippen molar-refractivity contribution >= 4 is 0 Å². The molecule has 2 atom stereocenters. The Morgan fingerprint density at radius 3 is 1.27 bits per heavy atom. The molecular formula is C30H30O10. The van der Waals surface area contributed by atoms with Crippen LogP contribution in [0.5, 0.6) is 57.5 Å². The summed E-state index contributed by atoms with van der Waals surface area (Å²) >= 11 is 0. The number of benzene rings is 4. The first-order chi connectivity index (χ1) is 18.9. The quantitative estimate of drug-likeness (QED) is 0.132. The lowest BCUT2D eigenvalue weighted by molar-refractivity contribution is 0.356. The maximum Gasteiger partial charge on any atom is 0.200 e. The Kier molecular flexibility index (Phi) is 7.90. The minimum absolute atomic E-state index is 0.156. The van der Waals surface area contributed by atoms with Crippen molar-refractivity contribution in [3.63, 3.8) is 0 Å². The van der Waals surface area contributed by atoms with Gasteiger partial charge in [0.1, 0.15) is 23.0 Å². The zero-order valence-electron chi connectivity index (χ0n) is 21.2. The Hall–Kier alpha value is -5.12. The number of hydrogen-bond donors (Lipinski definition) is 10. The van der Waals surface area contributed by atoms with Crippen molar-refractivity contribution in [1.82, 2.24) is 0 Å². The zero-order chi connectivity index (χ0) is 29.1. The van der Waals surface area contributed by atoms with Crippen LogP contribution in [0, 0.1) is 5.92 Å². The van der Waals surface area contributed by atoms with Crippen LogP contribution < -0.4 is 0 Å². The Bertz CT molecular complexity index is 1440. The summed E-state index contributed by atoms with van der Waals surface area (Å²) in [5, 5.41) is 100. The van der Waals surface area contributed by atoms with Gasteiger partial charge in [-0.2, -0.15) is 0 Å². The minimum atomic E-state index is -0.693. The molecule has 4 aromatic carbocycles. The van der Waals surface area contributed by atoms with E-state index >= 15 is 0 Å². The first-order valence-corrected chi connectivity index (χ1v) is 12.4. The van der Waals surface area contributed by atoms with Gasteiger partial charge in [-0.1, -0.05) is 0 Å². The highest BCUT2D eigenvalue weighted by Gasteiger charge is 2.27. The third-order valence-corrected chi connectivity index (χ3v) is 6.90. The Labute approximate surface area is 229 Å². The van der Waals surface area contributed by atoms with Crippen LogP contribution in [0.25, 0.3) is 0 Å². The summed E-state index contributed by atoms with van der Waals surface area (Å²) in [5.74, 6) is -5.02. The van der Waals surface area contributed by atoms with Crippen molar-refractivity contribution in [2.24, 2.45) is 5.92 Å². The first kappa shape index (κ1) is 27.9. The molecule has 0 aromatic heterocycles. The molecule has 0 saturated carbocycles.